The first-order chi connectivity index (χ1) is 8.76. The number of hydrogen-bond acceptors (Lipinski definition) is 4. The van der Waals surface area contributed by atoms with Gasteiger partial charge in [0, 0.05) is 13.2 Å². The Morgan fingerprint density at radius 3 is 3.06 bits per heavy atom. The van der Waals surface area contributed by atoms with Crippen LogP contribution >= 0.6 is 0 Å². The highest BCUT2D eigenvalue weighted by atomic mass is 16.5. The van der Waals surface area contributed by atoms with Crippen LogP contribution in [0.25, 0.3) is 22.6 Å². The van der Waals surface area contributed by atoms with Gasteiger partial charge in [-0.2, -0.15) is 0 Å². The molecular weight excluding hydrogens is 230 g/mol. The van der Waals surface area contributed by atoms with Crippen LogP contribution in [0.15, 0.2) is 28.8 Å². The van der Waals surface area contributed by atoms with E-state index in [4.69, 9.17) is 9.26 Å². The molecule has 0 saturated carbocycles. The van der Waals surface area contributed by atoms with Crippen molar-refractivity contribution >= 4 is 11.0 Å². The van der Waals surface area contributed by atoms with Gasteiger partial charge < -0.3 is 14.2 Å². The zero-order valence-electron chi connectivity index (χ0n) is 10.2. The fourth-order valence-electron chi connectivity index (χ4n) is 1.88. The van der Waals surface area contributed by atoms with E-state index in [1.54, 1.807) is 7.11 Å². The lowest BCUT2D eigenvalue weighted by atomic mass is 10.2. The maximum atomic E-state index is 5.14. The number of aromatic nitrogens is 3. The molecule has 2 aromatic heterocycles. The smallest absolute Gasteiger partial charge is 0.163 e. The van der Waals surface area contributed by atoms with E-state index in [0.717, 1.165) is 11.0 Å². The maximum absolute atomic E-state index is 5.14. The molecule has 0 spiro atoms. The van der Waals surface area contributed by atoms with Crippen LogP contribution in [0.3, 0.4) is 0 Å². The van der Waals surface area contributed by atoms with E-state index in [9.17, 15) is 0 Å². The van der Waals surface area contributed by atoms with Crippen LogP contribution in [0.4, 0.5) is 0 Å². The number of aryl methyl sites for hydroxylation is 1. The molecule has 0 aliphatic rings. The number of H-pyrrole nitrogens is 1. The van der Waals surface area contributed by atoms with Crippen LogP contribution in [-0.2, 0) is 11.3 Å². The van der Waals surface area contributed by atoms with Crippen LogP contribution in [0, 0.1) is 6.92 Å². The SMILES string of the molecule is COCc1cc(-c2nc3ccc(C)cc3[nH]2)no1. The average Bonchev–Trinajstić information content (AvgIpc) is 2.94. The molecule has 0 saturated heterocycles. The molecule has 5 nitrogen and oxygen atoms in total. The van der Waals surface area contributed by atoms with Crippen LogP contribution in [-0.4, -0.2) is 22.2 Å². The average molecular weight is 243 g/mol. The first-order valence-electron chi connectivity index (χ1n) is 5.67. The summed E-state index contributed by atoms with van der Waals surface area (Å²) in [6.45, 7) is 2.46. The minimum Gasteiger partial charge on any atom is -0.377 e. The Morgan fingerprint density at radius 1 is 1.33 bits per heavy atom. The highest BCUT2D eigenvalue weighted by Crippen LogP contribution is 2.21. The van der Waals surface area contributed by atoms with E-state index in [-0.39, 0.29) is 0 Å². The van der Waals surface area contributed by atoms with E-state index >= 15 is 0 Å². The number of aromatic amines is 1. The van der Waals surface area contributed by atoms with E-state index in [1.165, 1.54) is 5.56 Å². The van der Waals surface area contributed by atoms with E-state index in [2.05, 4.69) is 21.2 Å². The van der Waals surface area contributed by atoms with Crippen molar-refractivity contribution < 1.29 is 9.26 Å². The summed E-state index contributed by atoms with van der Waals surface area (Å²) in [5.74, 6) is 1.39. The molecule has 1 N–H and O–H groups in total. The summed E-state index contributed by atoms with van der Waals surface area (Å²) in [5.41, 5.74) is 3.81. The van der Waals surface area contributed by atoms with Crippen molar-refractivity contribution in [1.82, 2.24) is 15.1 Å². The zero-order chi connectivity index (χ0) is 12.5. The molecule has 1 aromatic carbocycles. The Labute approximate surface area is 104 Å². The number of nitrogens with zero attached hydrogens (tertiary/aromatic N) is 2. The molecule has 0 aliphatic heterocycles. The highest BCUT2D eigenvalue weighted by molar-refractivity contribution is 5.79. The summed E-state index contributed by atoms with van der Waals surface area (Å²) in [6.07, 6.45) is 0. The standard InChI is InChI=1S/C13H13N3O2/c1-8-3-4-10-11(5-8)15-13(14-10)12-6-9(7-17-2)18-16-12/h3-6H,7H2,1-2H3,(H,14,15). The van der Waals surface area contributed by atoms with Gasteiger partial charge in [-0.15, -0.1) is 0 Å². The van der Waals surface area contributed by atoms with Crippen molar-refractivity contribution in [3.05, 3.63) is 35.6 Å². The topological polar surface area (TPSA) is 63.9 Å². The third-order valence-electron chi connectivity index (χ3n) is 2.73. The predicted molar refractivity (Wildman–Crippen MR) is 67.0 cm³/mol. The summed E-state index contributed by atoms with van der Waals surface area (Å²) in [5, 5.41) is 3.97. The Hall–Kier alpha value is -2.14. The second kappa shape index (κ2) is 4.27. The Bertz CT molecular complexity index is 684. The summed E-state index contributed by atoms with van der Waals surface area (Å²) in [6, 6.07) is 7.91. The summed E-state index contributed by atoms with van der Waals surface area (Å²) in [4.78, 5) is 7.71. The van der Waals surface area contributed by atoms with Gasteiger partial charge in [0.15, 0.2) is 11.6 Å². The Morgan fingerprint density at radius 2 is 2.22 bits per heavy atom. The molecule has 0 aliphatic carbocycles. The van der Waals surface area contributed by atoms with Gasteiger partial charge in [0.25, 0.3) is 0 Å². The summed E-state index contributed by atoms with van der Waals surface area (Å²) < 4.78 is 10.1. The third kappa shape index (κ3) is 1.89. The van der Waals surface area contributed by atoms with Gasteiger partial charge in [0.2, 0.25) is 0 Å². The second-order valence-corrected chi connectivity index (χ2v) is 4.22. The fraction of sp³-hybridized carbons (Fsp3) is 0.231. The predicted octanol–water partition coefficient (Wildman–Crippen LogP) is 2.67. The molecule has 0 bridgehead atoms. The maximum Gasteiger partial charge on any atom is 0.163 e. The first kappa shape index (κ1) is 11.0. The normalized spacial score (nSPS) is 11.2. The van der Waals surface area contributed by atoms with E-state index < -0.39 is 0 Å². The molecule has 0 fully saturated rings. The molecule has 2 heterocycles. The van der Waals surface area contributed by atoms with Gasteiger partial charge in [0.05, 0.1) is 11.0 Å². The fourth-order valence-corrected chi connectivity index (χ4v) is 1.88. The third-order valence-corrected chi connectivity index (χ3v) is 2.73. The van der Waals surface area contributed by atoms with Crippen LogP contribution < -0.4 is 0 Å². The van der Waals surface area contributed by atoms with Gasteiger partial charge in [-0.1, -0.05) is 11.2 Å². The lowest BCUT2D eigenvalue weighted by Crippen LogP contribution is -1.82. The molecule has 0 atom stereocenters. The summed E-state index contributed by atoms with van der Waals surface area (Å²) >= 11 is 0. The van der Waals surface area contributed by atoms with Crippen LogP contribution in [0.5, 0.6) is 0 Å². The van der Waals surface area contributed by atoms with E-state index in [1.807, 2.05) is 25.1 Å². The molecular formula is C13H13N3O2. The minimum atomic E-state index is 0.409. The molecule has 3 rings (SSSR count). The second-order valence-electron chi connectivity index (χ2n) is 4.22. The molecule has 92 valence electrons. The number of nitrogens with one attached hydrogen (secondary N) is 1. The molecule has 0 unspecified atom stereocenters. The Kier molecular flexibility index (Phi) is 2.60. The number of fused-ring (bicyclic) bond motifs is 1. The lowest BCUT2D eigenvalue weighted by molar-refractivity contribution is 0.156. The Balaban J connectivity index is 2.02. The van der Waals surface area contributed by atoms with Crippen molar-refractivity contribution in [2.75, 3.05) is 7.11 Å². The number of hydrogen-bond donors (Lipinski definition) is 1. The number of imidazole rings is 1. The van der Waals surface area contributed by atoms with E-state index in [0.29, 0.717) is 23.9 Å². The number of rotatable bonds is 3. The van der Waals surface area contributed by atoms with Gasteiger partial charge in [-0.25, -0.2) is 4.98 Å². The molecule has 3 aromatic rings. The minimum absolute atomic E-state index is 0.409. The van der Waals surface area contributed by atoms with Crippen molar-refractivity contribution in [2.24, 2.45) is 0 Å². The zero-order valence-corrected chi connectivity index (χ0v) is 10.2. The summed E-state index contributed by atoms with van der Waals surface area (Å²) in [7, 11) is 1.62. The quantitative estimate of drug-likeness (QED) is 0.768. The monoisotopic (exact) mass is 243 g/mol. The van der Waals surface area contributed by atoms with Crippen LogP contribution in [0.2, 0.25) is 0 Å². The van der Waals surface area contributed by atoms with Gasteiger partial charge in [-0.3, -0.25) is 0 Å². The number of methoxy groups -OCH3 is 1. The number of ether oxygens (including phenoxy) is 1. The van der Waals surface area contributed by atoms with Gasteiger partial charge in [-0.05, 0) is 24.6 Å². The van der Waals surface area contributed by atoms with Crippen molar-refractivity contribution in [3.63, 3.8) is 0 Å². The molecule has 18 heavy (non-hydrogen) atoms. The van der Waals surface area contributed by atoms with Gasteiger partial charge in [0.1, 0.15) is 12.3 Å². The highest BCUT2D eigenvalue weighted by Gasteiger charge is 2.10. The molecule has 0 radical (unpaired) electrons. The van der Waals surface area contributed by atoms with Crippen molar-refractivity contribution in [3.8, 4) is 11.5 Å². The van der Waals surface area contributed by atoms with Crippen molar-refractivity contribution in [2.45, 2.75) is 13.5 Å². The molecule has 0 amide bonds. The lowest BCUT2D eigenvalue weighted by Gasteiger charge is -1.89. The van der Waals surface area contributed by atoms with Crippen molar-refractivity contribution in [1.29, 1.82) is 0 Å². The van der Waals surface area contributed by atoms with Gasteiger partial charge >= 0.3 is 0 Å². The number of benzene rings is 1. The van der Waals surface area contributed by atoms with Crippen LogP contribution in [0.1, 0.15) is 11.3 Å². The molecule has 5 heteroatoms. The first-order valence-corrected chi connectivity index (χ1v) is 5.67. The largest absolute Gasteiger partial charge is 0.377 e.